The molecule has 1 aliphatic carbocycles. The number of halogens is 1. The van der Waals surface area contributed by atoms with Crippen LogP contribution in [0.2, 0.25) is 0 Å². The van der Waals surface area contributed by atoms with Crippen molar-refractivity contribution >= 4 is 18.4 Å². The minimum Gasteiger partial charge on any atom is -0.481 e. The summed E-state index contributed by atoms with van der Waals surface area (Å²) in [6.07, 6.45) is 4.07. The molecule has 0 spiro atoms. The van der Waals surface area contributed by atoms with Gasteiger partial charge in [0.15, 0.2) is 0 Å². The molecule has 3 nitrogen and oxygen atoms in total. The highest BCUT2D eigenvalue weighted by atomic mass is 35.5. The number of hydrogen-bond donors (Lipinski definition) is 2. The molecule has 0 amide bonds. The summed E-state index contributed by atoms with van der Waals surface area (Å²) in [5.41, 5.74) is 0. The highest BCUT2D eigenvalue weighted by Crippen LogP contribution is 2.23. The van der Waals surface area contributed by atoms with Crippen LogP contribution in [0.25, 0.3) is 0 Å². The Hall–Kier alpha value is -0.280. The van der Waals surface area contributed by atoms with Crippen LogP contribution in [-0.2, 0) is 4.79 Å². The van der Waals surface area contributed by atoms with Crippen LogP contribution in [0.15, 0.2) is 0 Å². The van der Waals surface area contributed by atoms with Crippen LogP contribution < -0.4 is 5.32 Å². The number of nitrogens with one attached hydrogen (secondary N) is 1. The van der Waals surface area contributed by atoms with E-state index >= 15 is 0 Å². The molecule has 2 N–H and O–H groups in total. The number of hydrogen-bond acceptors (Lipinski definition) is 2. The first-order valence-corrected chi connectivity index (χ1v) is 4.15. The van der Waals surface area contributed by atoms with Crippen LogP contribution >= 0.6 is 12.4 Å². The second-order valence-corrected chi connectivity index (χ2v) is 3.12. The topological polar surface area (TPSA) is 49.3 Å². The lowest BCUT2D eigenvalue weighted by Crippen LogP contribution is -2.40. The Kier molecular flexibility index (Phi) is 5.25. The molecule has 4 heteroatoms. The predicted molar refractivity (Wildman–Crippen MR) is 49.7 cm³/mol. The first kappa shape index (κ1) is 11.7. The molecule has 12 heavy (non-hydrogen) atoms. The maximum atomic E-state index is 10.7. The summed E-state index contributed by atoms with van der Waals surface area (Å²) < 4.78 is 0. The molecule has 0 unspecified atom stereocenters. The van der Waals surface area contributed by atoms with Crippen molar-refractivity contribution in [2.45, 2.75) is 31.7 Å². The zero-order chi connectivity index (χ0) is 8.27. The van der Waals surface area contributed by atoms with E-state index in [2.05, 4.69) is 5.32 Å². The molecule has 1 aliphatic rings. The van der Waals surface area contributed by atoms with Gasteiger partial charge in [-0.25, -0.2) is 0 Å². The zero-order valence-corrected chi connectivity index (χ0v) is 8.06. The van der Waals surface area contributed by atoms with Crippen molar-refractivity contribution in [3.05, 3.63) is 0 Å². The second-order valence-electron chi connectivity index (χ2n) is 3.12. The SMILES string of the molecule is CN[C@@H]1CCCC[C@@H]1C(=O)O.Cl. The molecule has 0 radical (unpaired) electrons. The summed E-state index contributed by atoms with van der Waals surface area (Å²) in [6, 6.07) is 0.196. The minimum atomic E-state index is -0.649. The highest BCUT2D eigenvalue weighted by molar-refractivity contribution is 5.85. The Morgan fingerprint density at radius 1 is 1.42 bits per heavy atom. The van der Waals surface area contributed by atoms with Gasteiger partial charge in [0.05, 0.1) is 5.92 Å². The van der Waals surface area contributed by atoms with Crippen LogP contribution in [0.5, 0.6) is 0 Å². The molecule has 0 aromatic rings. The Bertz CT molecular complexity index is 152. The van der Waals surface area contributed by atoms with Gasteiger partial charge in [0.1, 0.15) is 0 Å². The molecule has 1 rings (SSSR count). The fraction of sp³-hybridized carbons (Fsp3) is 0.875. The Labute approximate surface area is 78.9 Å². The molecule has 72 valence electrons. The van der Waals surface area contributed by atoms with E-state index in [1.165, 1.54) is 0 Å². The molecular formula is C8H16ClNO2. The van der Waals surface area contributed by atoms with Crippen molar-refractivity contribution in [1.82, 2.24) is 5.32 Å². The lowest BCUT2D eigenvalue weighted by molar-refractivity contribution is -0.143. The average Bonchev–Trinajstić information content (AvgIpc) is 2.04. The molecule has 0 aromatic heterocycles. The van der Waals surface area contributed by atoms with Crippen molar-refractivity contribution in [2.24, 2.45) is 5.92 Å². The van der Waals surface area contributed by atoms with Crippen molar-refractivity contribution < 1.29 is 9.90 Å². The van der Waals surface area contributed by atoms with Crippen LogP contribution in [0.1, 0.15) is 25.7 Å². The quantitative estimate of drug-likeness (QED) is 0.695. The highest BCUT2D eigenvalue weighted by Gasteiger charge is 2.29. The number of carboxylic acid groups (broad SMARTS) is 1. The fourth-order valence-electron chi connectivity index (χ4n) is 1.77. The third-order valence-electron chi connectivity index (χ3n) is 2.45. The van der Waals surface area contributed by atoms with Crippen molar-refractivity contribution in [3.63, 3.8) is 0 Å². The van der Waals surface area contributed by atoms with Crippen molar-refractivity contribution in [3.8, 4) is 0 Å². The molecule has 0 saturated heterocycles. The largest absolute Gasteiger partial charge is 0.481 e. The van der Waals surface area contributed by atoms with Gasteiger partial charge in [-0.1, -0.05) is 12.8 Å². The van der Waals surface area contributed by atoms with E-state index in [4.69, 9.17) is 5.11 Å². The van der Waals surface area contributed by atoms with Gasteiger partial charge in [-0.05, 0) is 19.9 Å². The first-order valence-electron chi connectivity index (χ1n) is 4.15. The minimum absolute atomic E-state index is 0. The van der Waals surface area contributed by atoms with Crippen LogP contribution in [0, 0.1) is 5.92 Å². The third kappa shape index (κ3) is 2.64. The number of carbonyl (C=O) groups is 1. The lowest BCUT2D eigenvalue weighted by atomic mass is 9.85. The van der Waals surface area contributed by atoms with Gasteiger partial charge in [-0.2, -0.15) is 0 Å². The monoisotopic (exact) mass is 193 g/mol. The first-order chi connectivity index (χ1) is 5.25. The molecule has 0 aliphatic heterocycles. The van der Waals surface area contributed by atoms with E-state index < -0.39 is 5.97 Å². The summed E-state index contributed by atoms with van der Waals surface area (Å²) in [4.78, 5) is 10.7. The van der Waals surface area contributed by atoms with Crippen LogP contribution in [0.3, 0.4) is 0 Å². The van der Waals surface area contributed by atoms with Gasteiger partial charge in [-0.15, -0.1) is 12.4 Å². The molecule has 1 saturated carbocycles. The summed E-state index contributed by atoms with van der Waals surface area (Å²) in [5.74, 6) is -0.808. The zero-order valence-electron chi connectivity index (χ0n) is 7.25. The maximum absolute atomic E-state index is 10.7. The maximum Gasteiger partial charge on any atom is 0.308 e. The lowest BCUT2D eigenvalue weighted by Gasteiger charge is -2.27. The normalized spacial score (nSPS) is 29.1. The molecule has 1 fully saturated rings. The van der Waals surface area contributed by atoms with Crippen LogP contribution in [-0.4, -0.2) is 24.2 Å². The summed E-state index contributed by atoms with van der Waals surface area (Å²) in [7, 11) is 1.84. The van der Waals surface area contributed by atoms with E-state index in [1.54, 1.807) is 0 Å². The molecule has 0 aromatic carbocycles. The van der Waals surface area contributed by atoms with E-state index in [0.29, 0.717) is 0 Å². The second kappa shape index (κ2) is 5.38. The number of rotatable bonds is 2. The summed E-state index contributed by atoms with van der Waals surface area (Å²) in [5, 5.41) is 11.9. The Morgan fingerprint density at radius 3 is 2.42 bits per heavy atom. The summed E-state index contributed by atoms with van der Waals surface area (Å²) in [6.45, 7) is 0. The standard InChI is InChI=1S/C8H15NO2.ClH/c1-9-7-5-3-2-4-6(7)8(10)11;/h6-7,9H,2-5H2,1H3,(H,10,11);1H/t6-,7+;/m0./s1. The van der Waals surface area contributed by atoms with Gasteiger partial charge in [0.2, 0.25) is 0 Å². The van der Waals surface area contributed by atoms with Crippen molar-refractivity contribution in [1.29, 1.82) is 0 Å². The molecule has 2 atom stereocenters. The van der Waals surface area contributed by atoms with Crippen LogP contribution in [0.4, 0.5) is 0 Å². The van der Waals surface area contributed by atoms with E-state index in [1.807, 2.05) is 7.05 Å². The van der Waals surface area contributed by atoms with E-state index in [0.717, 1.165) is 25.7 Å². The third-order valence-corrected chi connectivity index (χ3v) is 2.45. The van der Waals surface area contributed by atoms with Gasteiger partial charge in [0.25, 0.3) is 0 Å². The molecule has 0 bridgehead atoms. The fourth-order valence-corrected chi connectivity index (χ4v) is 1.77. The molecular weight excluding hydrogens is 178 g/mol. The number of aliphatic carboxylic acids is 1. The predicted octanol–water partition coefficient (Wildman–Crippen LogP) is 1.27. The van der Waals surface area contributed by atoms with Gasteiger partial charge < -0.3 is 10.4 Å². The van der Waals surface area contributed by atoms with Gasteiger partial charge >= 0.3 is 5.97 Å². The summed E-state index contributed by atoms with van der Waals surface area (Å²) >= 11 is 0. The molecule has 0 heterocycles. The average molecular weight is 194 g/mol. The van der Waals surface area contributed by atoms with Crippen molar-refractivity contribution in [2.75, 3.05) is 7.05 Å². The van der Waals surface area contributed by atoms with E-state index in [9.17, 15) is 4.79 Å². The van der Waals surface area contributed by atoms with E-state index in [-0.39, 0.29) is 24.4 Å². The van der Waals surface area contributed by atoms with Gasteiger partial charge in [-0.3, -0.25) is 4.79 Å². The van der Waals surface area contributed by atoms with Gasteiger partial charge in [0, 0.05) is 6.04 Å². The Balaban J connectivity index is 0.00000121. The Morgan fingerprint density at radius 2 is 2.00 bits per heavy atom. The smallest absolute Gasteiger partial charge is 0.308 e. The number of carboxylic acids is 1.